The Bertz CT molecular complexity index is 435. The van der Waals surface area contributed by atoms with E-state index in [0.29, 0.717) is 0 Å². The molecule has 0 atom stereocenters. The quantitative estimate of drug-likeness (QED) is 0.629. The third-order valence-electron chi connectivity index (χ3n) is 1.28. The number of thiazole rings is 1. The lowest BCUT2D eigenvalue weighted by Crippen LogP contribution is -1.86. The van der Waals surface area contributed by atoms with Crippen molar-refractivity contribution in [3.63, 3.8) is 0 Å². The lowest BCUT2D eigenvalue weighted by molar-refractivity contribution is 1.02. The van der Waals surface area contributed by atoms with Crippen molar-refractivity contribution < 1.29 is 0 Å². The number of hydrogen-bond donors (Lipinski definition) is 0. The van der Waals surface area contributed by atoms with Crippen LogP contribution in [0.1, 0.15) is 0 Å². The first-order valence-corrected chi connectivity index (χ1v) is 6.38. The molecule has 0 amide bonds. The molecule has 0 bridgehead atoms. The van der Waals surface area contributed by atoms with Gasteiger partial charge in [-0.15, -0.1) is 11.3 Å². The fraction of sp³-hybridized carbons (Fsp3) is 0. The Hall–Kier alpha value is -0.170. The highest BCUT2D eigenvalue weighted by atomic mass is 79.9. The first kappa shape index (κ1) is 10.4. The van der Waals surface area contributed by atoms with Gasteiger partial charge in [0.2, 0.25) is 5.28 Å². The van der Waals surface area contributed by atoms with Crippen LogP contribution in [0.4, 0.5) is 0 Å². The van der Waals surface area contributed by atoms with Gasteiger partial charge in [-0.25, -0.2) is 15.0 Å². The molecule has 14 heavy (non-hydrogen) atoms. The van der Waals surface area contributed by atoms with E-state index >= 15 is 0 Å². The van der Waals surface area contributed by atoms with E-state index in [1.54, 1.807) is 23.7 Å². The molecule has 0 spiro atoms. The molecule has 0 aromatic carbocycles. The van der Waals surface area contributed by atoms with Crippen molar-refractivity contribution in [2.75, 3.05) is 0 Å². The first-order chi connectivity index (χ1) is 6.75. The van der Waals surface area contributed by atoms with Crippen LogP contribution in [0.15, 0.2) is 31.6 Å². The average molecular weight is 309 g/mol. The monoisotopic (exact) mass is 307 g/mol. The third-order valence-corrected chi connectivity index (χ3v) is 4.19. The zero-order valence-electron chi connectivity index (χ0n) is 6.65. The van der Waals surface area contributed by atoms with Crippen LogP contribution >= 0.6 is 50.6 Å². The Morgan fingerprint density at radius 3 is 3.00 bits per heavy atom. The summed E-state index contributed by atoms with van der Waals surface area (Å²) >= 11 is 12.1. The molecule has 2 aromatic rings. The van der Waals surface area contributed by atoms with Crippen molar-refractivity contribution in [2.45, 2.75) is 9.37 Å². The molecule has 0 unspecified atom stereocenters. The molecule has 3 nitrogen and oxygen atoms in total. The second-order valence-electron chi connectivity index (χ2n) is 2.19. The van der Waals surface area contributed by atoms with Gasteiger partial charge in [-0.2, -0.15) is 0 Å². The van der Waals surface area contributed by atoms with Crippen LogP contribution in [0.5, 0.6) is 0 Å². The summed E-state index contributed by atoms with van der Waals surface area (Å²) in [5.74, 6) is 0. The van der Waals surface area contributed by atoms with Gasteiger partial charge in [-0.1, -0.05) is 0 Å². The third kappa shape index (κ3) is 2.44. The molecular weight excluding hydrogens is 306 g/mol. The van der Waals surface area contributed by atoms with Gasteiger partial charge in [0, 0.05) is 17.8 Å². The maximum Gasteiger partial charge on any atom is 0.223 e. The van der Waals surface area contributed by atoms with Crippen molar-refractivity contribution in [2.24, 2.45) is 0 Å². The minimum absolute atomic E-state index is 0.243. The number of rotatable bonds is 2. The van der Waals surface area contributed by atoms with Crippen LogP contribution in [-0.4, -0.2) is 15.0 Å². The van der Waals surface area contributed by atoms with Crippen molar-refractivity contribution >= 4 is 50.6 Å². The summed E-state index contributed by atoms with van der Waals surface area (Å²) < 4.78 is 1.75. The van der Waals surface area contributed by atoms with E-state index in [0.717, 1.165) is 13.8 Å². The SMILES string of the molecule is Clc1ncc(Br)c(Sc2nccs2)n1. The summed E-state index contributed by atoms with van der Waals surface area (Å²) in [4.78, 5) is 12.1. The molecule has 72 valence electrons. The molecule has 0 aliphatic rings. The minimum Gasteiger partial charge on any atom is -0.238 e. The molecule has 0 radical (unpaired) electrons. The van der Waals surface area contributed by atoms with Crippen LogP contribution in [0, 0.1) is 0 Å². The second kappa shape index (κ2) is 4.57. The van der Waals surface area contributed by atoms with Gasteiger partial charge < -0.3 is 0 Å². The van der Waals surface area contributed by atoms with E-state index in [-0.39, 0.29) is 5.28 Å². The fourth-order valence-corrected chi connectivity index (χ4v) is 2.88. The predicted octanol–water partition coefficient (Wildman–Crippen LogP) is 3.50. The molecule has 2 rings (SSSR count). The highest BCUT2D eigenvalue weighted by Gasteiger charge is 2.07. The van der Waals surface area contributed by atoms with Crippen molar-refractivity contribution in [3.05, 3.63) is 27.5 Å². The highest BCUT2D eigenvalue weighted by Crippen LogP contribution is 2.32. The summed E-state index contributed by atoms with van der Waals surface area (Å²) in [7, 11) is 0. The number of nitrogens with zero attached hydrogens (tertiary/aromatic N) is 3. The molecule has 2 heterocycles. The topological polar surface area (TPSA) is 38.7 Å². The molecule has 0 saturated carbocycles. The minimum atomic E-state index is 0.243. The van der Waals surface area contributed by atoms with Gasteiger partial charge in [-0.05, 0) is 39.3 Å². The molecule has 0 fully saturated rings. The van der Waals surface area contributed by atoms with Crippen LogP contribution in [0.2, 0.25) is 5.28 Å². The van der Waals surface area contributed by atoms with E-state index in [1.165, 1.54) is 11.8 Å². The standard InChI is InChI=1S/C7H3BrClN3S2/c8-4-3-11-6(9)12-5(4)14-7-10-1-2-13-7/h1-3H. The van der Waals surface area contributed by atoms with E-state index < -0.39 is 0 Å². The molecule has 0 saturated heterocycles. The summed E-state index contributed by atoms with van der Waals surface area (Å²) in [6.45, 7) is 0. The van der Waals surface area contributed by atoms with Crippen molar-refractivity contribution in [1.29, 1.82) is 0 Å². The number of hydrogen-bond acceptors (Lipinski definition) is 5. The maximum absolute atomic E-state index is 5.68. The Labute approximate surface area is 102 Å². The van der Waals surface area contributed by atoms with Gasteiger partial charge in [0.25, 0.3) is 0 Å². The summed E-state index contributed by atoms with van der Waals surface area (Å²) in [6, 6.07) is 0. The Morgan fingerprint density at radius 1 is 1.43 bits per heavy atom. The van der Waals surface area contributed by atoms with E-state index in [9.17, 15) is 0 Å². The van der Waals surface area contributed by atoms with Gasteiger partial charge in [-0.3, -0.25) is 0 Å². The van der Waals surface area contributed by atoms with Crippen LogP contribution < -0.4 is 0 Å². The second-order valence-corrected chi connectivity index (χ2v) is 5.52. The van der Waals surface area contributed by atoms with E-state index in [1.807, 2.05) is 5.38 Å². The van der Waals surface area contributed by atoms with Gasteiger partial charge in [0.15, 0.2) is 4.34 Å². The Balaban J connectivity index is 2.28. The lowest BCUT2D eigenvalue weighted by atomic mass is 10.7. The van der Waals surface area contributed by atoms with Crippen LogP contribution in [-0.2, 0) is 0 Å². The van der Waals surface area contributed by atoms with Gasteiger partial charge in [0.05, 0.1) is 4.47 Å². The normalized spacial score (nSPS) is 10.4. The summed E-state index contributed by atoms with van der Waals surface area (Å²) in [5.41, 5.74) is 0. The largest absolute Gasteiger partial charge is 0.238 e. The zero-order valence-corrected chi connectivity index (χ0v) is 10.6. The molecule has 2 aromatic heterocycles. The van der Waals surface area contributed by atoms with E-state index in [4.69, 9.17) is 11.6 Å². The molecule has 0 aliphatic carbocycles. The molecule has 0 aliphatic heterocycles. The summed E-state index contributed by atoms with van der Waals surface area (Å²) in [6.07, 6.45) is 3.38. The molecule has 0 N–H and O–H groups in total. The van der Waals surface area contributed by atoms with Crippen molar-refractivity contribution in [1.82, 2.24) is 15.0 Å². The first-order valence-electron chi connectivity index (χ1n) is 3.51. The average Bonchev–Trinajstić information content (AvgIpc) is 2.64. The Kier molecular flexibility index (Phi) is 3.38. The summed E-state index contributed by atoms with van der Waals surface area (Å²) in [5, 5.41) is 2.94. The molecular formula is C7H3BrClN3S2. The van der Waals surface area contributed by atoms with E-state index in [2.05, 4.69) is 30.9 Å². The number of aromatic nitrogens is 3. The number of halogens is 2. The van der Waals surface area contributed by atoms with Gasteiger partial charge in [0.1, 0.15) is 5.03 Å². The highest BCUT2D eigenvalue weighted by molar-refractivity contribution is 9.10. The lowest BCUT2D eigenvalue weighted by Gasteiger charge is -1.99. The van der Waals surface area contributed by atoms with Gasteiger partial charge >= 0.3 is 0 Å². The smallest absolute Gasteiger partial charge is 0.223 e. The van der Waals surface area contributed by atoms with Crippen LogP contribution in [0.25, 0.3) is 0 Å². The predicted molar refractivity (Wildman–Crippen MR) is 61.0 cm³/mol. The zero-order chi connectivity index (χ0) is 9.97. The van der Waals surface area contributed by atoms with Crippen molar-refractivity contribution in [3.8, 4) is 0 Å². The maximum atomic E-state index is 5.68. The Morgan fingerprint density at radius 2 is 2.29 bits per heavy atom. The molecule has 7 heteroatoms. The van der Waals surface area contributed by atoms with Crippen LogP contribution in [0.3, 0.4) is 0 Å². The fourth-order valence-electron chi connectivity index (χ4n) is 0.746.